The zero-order valence-corrected chi connectivity index (χ0v) is 8.21. The molecular weight excluding hydrogens is 152 g/mol. The Labute approximate surface area is 75.3 Å². The van der Waals surface area contributed by atoms with Gasteiger partial charge in [0.1, 0.15) is 6.10 Å². The minimum atomic E-state index is 0.166. The molecule has 0 heterocycles. The van der Waals surface area contributed by atoms with Gasteiger partial charge < -0.3 is 4.74 Å². The van der Waals surface area contributed by atoms with E-state index in [0.717, 1.165) is 19.3 Å². The molecule has 1 unspecified atom stereocenters. The second-order valence-electron chi connectivity index (χ2n) is 3.14. The fourth-order valence-electron chi connectivity index (χ4n) is 1.30. The maximum atomic E-state index is 10.1. The van der Waals surface area contributed by atoms with Gasteiger partial charge in [-0.1, -0.05) is 33.1 Å². The van der Waals surface area contributed by atoms with Crippen LogP contribution in [0.25, 0.3) is 0 Å². The first-order valence-electron chi connectivity index (χ1n) is 4.94. The third-order valence-corrected chi connectivity index (χ3v) is 1.99. The first kappa shape index (κ1) is 11.5. The van der Waals surface area contributed by atoms with E-state index < -0.39 is 0 Å². The minimum Gasteiger partial charge on any atom is -0.465 e. The molecule has 0 saturated heterocycles. The lowest BCUT2D eigenvalue weighted by Gasteiger charge is -2.13. The van der Waals surface area contributed by atoms with Gasteiger partial charge in [-0.05, 0) is 19.3 Å². The van der Waals surface area contributed by atoms with Crippen LogP contribution >= 0.6 is 0 Å². The van der Waals surface area contributed by atoms with Crippen molar-refractivity contribution >= 4 is 6.47 Å². The smallest absolute Gasteiger partial charge is 0.293 e. The summed E-state index contributed by atoms with van der Waals surface area (Å²) in [5.74, 6) is 0. The second kappa shape index (κ2) is 8.57. The Morgan fingerprint density at radius 2 is 1.92 bits per heavy atom. The van der Waals surface area contributed by atoms with Crippen molar-refractivity contribution < 1.29 is 9.53 Å². The zero-order chi connectivity index (χ0) is 9.23. The number of hydrogen-bond donors (Lipinski definition) is 0. The van der Waals surface area contributed by atoms with Gasteiger partial charge in [-0.2, -0.15) is 0 Å². The van der Waals surface area contributed by atoms with Gasteiger partial charge in [0.25, 0.3) is 6.47 Å². The highest BCUT2D eigenvalue weighted by Gasteiger charge is 2.06. The Kier molecular flexibility index (Phi) is 8.19. The fraction of sp³-hybridized carbons (Fsp3) is 0.900. The lowest BCUT2D eigenvalue weighted by Crippen LogP contribution is -2.11. The van der Waals surface area contributed by atoms with Crippen LogP contribution in [-0.4, -0.2) is 12.6 Å². The van der Waals surface area contributed by atoms with Crippen LogP contribution in [0.3, 0.4) is 0 Å². The predicted octanol–water partition coefficient (Wildman–Crippen LogP) is 2.91. The number of unbranched alkanes of at least 4 members (excludes halogenated alkanes) is 2. The van der Waals surface area contributed by atoms with Crippen LogP contribution in [0.5, 0.6) is 0 Å². The minimum absolute atomic E-state index is 0.166. The van der Waals surface area contributed by atoms with Crippen molar-refractivity contribution in [2.45, 2.75) is 58.5 Å². The summed E-state index contributed by atoms with van der Waals surface area (Å²) in [6.45, 7) is 4.86. The molecular formula is C10H20O2. The molecule has 0 rings (SSSR count). The Balaban J connectivity index is 3.40. The highest BCUT2D eigenvalue weighted by molar-refractivity contribution is 5.37. The average molecular weight is 172 g/mol. The summed E-state index contributed by atoms with van der Waals surface area (Å²) >= 11 is 0. The molecule has 0 aromatic rings. The number of ether oxygens (including phenoxy) is 1. The molecule has 0 bridgehead atoms. The van der Waals surface area contributed by atoms with Crippen LogP contribution in [0.15, 0.2) is 0 Å². The molecule has 0 fully saturated rings. The summed E-state index contributed by atoms with van der Waals surface area (Å²) in [7, 11) is 0. The van der Waals surface area contributed by atoms with Crippen LogP contribution in [0.4, 0.5) is 0 Å². The van der Waals surface area contributed by atoms with E-state index in [1.54, 1.807) is 0 Å². The number of rotatable bonds is 8. The lowest BCUT2D eigenvalue weighted by atomic mass is 10.1. The number of carbonyl (C=O) groups excluding carboxylic acids is 1. The van der Waals surface area contributed by atoms with Gasteiger partial charge in [0.2, 0.25) is 0 Å². The molecule has 0 radical (unpaired) electrons. The van der Waals surface area contributed by atoms with Gasteiger partial charge in [0.15, 0.2) is 0 Å². The van der Waals surface area contributed by atoms with E-state index >= 15 is 0 Å². The molecule has 0 aliphatic carbocycles. The van der Waals surface area contributed by atoms with E-state index in [1.165, 1.54) is 19.3 Å². The summed E-state index contributed by atoms with van der Waals surface area (Å²) in [5.41, 5.74) is 0. The molecule has 0 aromatic carbocycles. The lowest BCUT2D eigenvalue weighted by molar-refractivity contribution is -0.134. The maximum Gasteiger partial charge on any atom is 0.293 e. The van der Waals surface area contributed by atoms with Gasteiger partial charge in [0, 0.05) is 0 Å². The van der Waals surface area contributed by atoms with Crippen molar-refractivity contribution in [1.29, 1.82) is 0 Å². The summed E-state index contributed by atoms with van der Waals surface area (Å²) in [4.78, 5) is 10.1. The van der Waals surface area contributed by atoms with E-state index in [9.17, 15) is 4.79 Å². The van der Waals surface area contributed by atoms with E-state index in [4.69, 9.17) is 4.74 Å². The zero-order valence-electron chi connectivity index (χ0n) is 8.21. The predicted molar refractivity (Wildman–Crippen MR) is 50.0 cm³/mol. The van der Waals surface area contributed by atoms with Crippen molar-refractivity contribution in [1.82, 2.24) is 0 Å². The second-order valence-corrected chi connectivity index (χ2v) is 3.14. The summed E-state index contributed by atoms with van der Waals surface area (Å²) < 4.78 is 4.95. The molecule has 0 aliphatic heterocycles. The van der Waals surface area contributed by atoms with Gasteiger partial charge >= 0.3 is 0 Å². The molecule has 12 heavy (non-hydrogen) atoms. The number of carbonyl (C=O) groups is 1. The molecule has 0 amide bonds. The highest BCUT2D eigenvalue weighted by atomic mass is 16.5. The summed E-state index contributed by atoms with van der Waals surface area (Å²) in [5, 5.41) is 0. The Morgan fingerprint density at radius 1 is 1.17 bits per heavy atom. The standard InChI is InChI=1S/C10H20O2/c1-3-5-6-8-10(7-4-2)12-9-11/h9-10H,3-8H2,1-2H3. The molecule has 0 spiro atoms. The highest BCUT2D eigenvalue weighted by Crippen LogP contribution is 2.10. The first-order chi connectivity index (χ1) is 5.85. The molecule has 0 aromatic heterocycles. The van der Waals surface area contributed by atoms with Gasteiger partial charge in [-0.15, -0.1) is 0 Å². The van der Waals surface area contributed by atoms with Crippen molar-refractivity contribution in [2.75, 3.05) is 0 Å². The largest absolute Gasteiger partial charge is 0.465 e. The molecule has 0 saturated carbocycles. The summed E-state index contributed by atoms with van der Waals surface area (Å²) in [6, 6.07) is 0. The third kappa shape index (κ3) is 6.20. The van der Waals surface area contributed by atoms with Crippen molar-refractivity contribution in [3.8, 4) is 0 Å². The van der Waals surface area contributed by atoms with Crippen LogP contribution in [-0.2, 0) is 9.53 Å². The SMILES string of the molecule is CCCCCC(CCC)OC=O. The van der Waals surface area contributed by atoms with Gasteiger partial charge in [0.05, 0.1) is 0 Å². The fourth-order valence-corrected chi connectivity index (χ4v) is 1.30. The van der Waals surface area contributed by atoms with Crippen LogP contribution in [0, 0.1) is 0 Å². The van der Waals surface area contributed by atoms with E-state index in [-0.39, 0.29) is 6.10 Å². The first-order valence-corrected chi connectivity index (χ1v) is 4.94. The molecule has 2 nitrogen and oxygen atoms in total. The monoisotopic (exact) mass is 172 g/mol. The quantitative estimate of drug-likeness (QED) is 0.415. The third-order valence-electron chi connectivity index (χ3n) is 1.99. The molecule has 0 N–H and O–H groups in total. The Bertz CT molecular complexity index is 102. The molecule has 0 aliphatic rings. The van der Waals surface area contributed by atoms with E-state index in [0.29, 0.717) is 6.47 Å². The summed E-state index contributed by atoms with van der Waals surface area (Å²) in [6.07, 6.45) is 6.92. The van der Waals surface area contributed by atoms with Crippen molar-refractivity contribution in [2.24, 2.45) is 0 Å². The average Bonchev–Trinajstić information content (AvgIpc) is 2.06. The topological polar surface area (TPSA) is 26.3 Å². The van der Waals surface area contributed by atoms with E-state index in [2.05, 4.69) is 13.8 Å². The number of hydrogen-bond acceptors (Lipinski definition) is 2. The normalized spacial score (nSPS) is 12.5. The Hall–Kier alpha value is -0.530. The molecule has 2 heteroatoms. The van der Waals surface area contributed by atoms with Crippen molar-refractivity contribution in [3.05, 3.63) is 0 Å². The van der Waals surface area contributed by atoms with Crippen LogP contribution in [0.1, 0.15) is 52.4 Å². The molecule has 1 atom stereocenters. The van der Waals surface area contributed by atoms with E-state index in [1.807, 2.05) is 0 Å². The van der Waals surface area contributed by atoms with Crippen LogP contribution in [0.2, 0.25) is 0 Å². The van der Waals surface area contributed by atoms with Crippen molar-refractivity contribution in [3.63, 3.8) is 0 Å². The van der Waals surface area contributed by atoms with Gasteiger partial charge in [-0.3, -0.25) is 4.79 Å². The molecule has 72 valence electrons. The van der Waals surface area contributed by atoms with Gasteiger partial charge in [-0.25, -0.2) is 0 Å². The Morgan fingerprint density at radius 3 is 2.42 bits per heavy atom. The maximum absolute atomic E-state index is 10.1. The van der Waals surface area contributed by atoms with Crippen LogP contribution < -0.4 is 0 Å².